The summed E-state index contributed by atoms with van der Waals surface area (Å²) in [6.45, 7) is 8.24. The van der Waals surface area contributed by atoms with Crippen molar-refractivity contribution in [2.75, 3.05) is 30.8 Å². The normalized spacial score (nSPS) is 10.8. The number of nitrogens with zero attached hydrogens (tertiary/aromatic N) is 2. The molecule has 5 heteroatoms. The third-order valence-corrected chi connectivity index (χ3v) is 2.24. The average Bonchev–Trinajstić information content (AvgIpc) is 2.24. The molecule has 0 aliphatic heterocycles. The first-order valence-electron chi connectivity index (χ1n) is 5.58. The summed E-state index contributed by atoms with van der Waals surface area (Å²) < 4.78 is 5.25. The molecule has 0 amide bonds. The highest BCUT2D eigenvalue weighted by molar-refractivity contribution is 5.56. The van der Waals surface area contributed by atoms with Gasteiger partial charge < -0.3 is 15.8 Å². The lowest BCUT2D eigenvalue weighted by Gasteiger charge is -2.14. The van der Waals surface area contributed by atoms with Gasteiger partial charge in [0.15, 0.2) is 0 Å². The second-order valence-electron chi connectivity index (χ2n) is 3.80. The first-order valence-corrected chi connectivity index (χ1v) is 5.58. The first kappa shape index (κ1) is 12.7. The quantitative estimate of drug-likeness (QED) is 0.718. The van der Waals surface area contributed by atoms with Crippen molar-refractivity contribution in [3.05, 3.63) is 11.9 Å². The summed E-state index contributed by atoms with van der Waals surface area (Å²) in [7, 11) is 0. The predicted molar refractivity (Wildman–Crippen MR) is 65.5 cm³/mol. The molecule has 0 aliphatic rings. The Morgan fingerprint density at radius 3 is 2.81 bits per heavy atom. The highest BCUT2D eigenvalue weighted by Crippen LogP contribution is 2.25. The predicted octanol–water partition coefficient (Wildman–Crippen LogP) is 1.63. The van der Waals surface area contributed by atoms with Crippen molar-refractivity contribution >= 4 is 11.6 Å². The van der Waals surface area contributed by atoms with Gasteiger partial charge in [0.25, 0.3) is 0 Å². The van der Waals surface area contributed by atoms with E-state index >= 15 is 0 Å². The maximum atomic E-state index is 5.83. The van der Waals surface area contributed by atoms with Gasteiger partial charge in [-0.25, -0.2) is 9.97 Å². The summed E-state index contributed by atoms with van der Waals surface area (Å²) in [5.74, 6) is 1.65. The molecule has 0 aliphatic carbocycles. The van der Waals surface area contributed by atoms with Crippen LogP contribution in [-0.2, 0) is 4.74 Å². The van der Waals surface area contributed by atoms with Crippen LogP contribution in [0.3, 0.4) is 0 Å². The van der Waals surface area contributed by atoms with Crippen LogP contribution in [-0.4, -0.2) is 29.7 Å². The monoisotopic (exact) mass is 224 g/mol. The van der Waals surface area contributed by atoms with Crippen molar-refractivity contribution in [1.82, 2.24) is 9.97 Å². The molecule has 3 N–H and O–H groups in total. The molecule has 0 aromatic carbocycles. The topological polar surface area (TPSA) is 73.1 Å². The van der Waals surface area contributed by atoms with E-state index in [1.54, 1.807) is 0 Å². The maximum absolute atomic E-state index is 5.83. The summed E-state index contributed by atoms with van der Waals surface area (Å²) in [4.78, 5) is 8.20. The van der Waals surface area contributed by atoms with Crippen LogP contribution in [0.15, 0.2) is 6.33 Å². The van der Waals surface area contributed by atoms with E-state index in [4.69, 9.17) is 10.5 Å². The number of nitrogens with one attached hydrogen (secondary N) is 1. The molecule has 0 saturated carbocycles. The molecule has 16 heavy (non-hydrogen) atoms. The van der Waals surface area contributed by atoms with Gasteiger partial charge in [0.1, 0.15) is 18.0 Å². The molecule has 5 nitrogen and oxygen atoms in total. The number of ether oxygens (including phenoxy) is 1. The van der Waals surface area contributed by atoms with Crippen LogP contribution in [0.4, 0.5) is 11.6 Å². The van der Waals surface area contributed by atoms with Crippen LogP contribution in [0.25, 0.3) is 0 Å². The van der Waals surface area contributed by atoms with E-state index in [1.807, 2.05) is 6.92 Å². The summed E-state index contributed by atoms with van der Waals surface area (Å²) in [6, 6.07) is 0. The zero-order valence-corrected chi connectivity index (χ0v) is 10.2. The number of hydrogen-bond acceptors (Lipinski definition) is 5. The van der Waals surface area contributed by atoms with Crippen molar-refractivity contribution in [3.8, 4) is 0 Å². The van der Waals surface area contributed by atoms with Crippen molar-refractivity contribution < 1.29 is 4.74 Å². The first-order chi connectivity index (χ1) is 7.66. The molecule has 1 heterocycles. The van der Waals surface area contributed by atoms with Crippen LogP contribution in [0, 0.1) is 0 Å². The van der Waals surface area contributed by atoms with Gasteiger partial charge in [-0.1, -0.05) is 13.8 Å². The third kappa shape index (κ3) is 3.34. The average molecular weight is 224 g/mol. The number of aromatic nitrogens is 2. The van der Waals surface area contributed by atoms with Crippen LogP contribution in [0.5, 0.6) is 0 Å². The molecule has 0 radical (unpaired) electrons. The Morgan fingerprint density at radius 1 is 1.44 bits per heavy atom. The van der Waals surface area contributed by atoms with Crippen molar-refractivity contribution in [2.24, 2.45) is 0 Å². The van der Waals surface area contributed by atoms with Gasteiger partial charge in [0.2, 0.25) is 0 Å². The molecule has 0 fully saturated rings. The van der Waals surface area contributed by atoms with Gasteiger partial charge in [-0.15, -0.1) is 0 Å². The van der Waals surface area contributed by atoms with Gasteiger partial charge in [0.05, 0.1) is 6.61 Å². The number of rotatable bonds is 6. The second kappa shape index (κ2) is 6.27. The van der Waals surface area contributed by atoms with Gasteiger partial charge in [-0.05, 0) is 12.8 Å². The van der Waals surface area contributed by atoms with E-state index in [-0.39, 0.29) is 0 Å². The van der Waals surface area contributed by atoms with E-state index in [9.17, 15) is 0 Å². The molecule has 0 saturated heterocycles. The summed E-state index contributed by atoms with van der Waals surface area (Å²) in [5, 5.41) is 3.21. The molecule has 1 rings (SSSR count). The van der Waals surface area contributed by atoms with Crippen LogP contribution in [0.2, 0.25) is 0 Å². The molecule has 1 aromatic heterocycles. The largest absolute Gasteiger partial charge is 0.383 e. The Hall–Kier alpha value is -1.36. The lowest BCUT2D eigenvalue weighted by atomic mass is 10.0. The van der Waals surface area contributed by atoms with Gasteiger partial charge in [-0.2, -0.15) is 0 Å². The van der Waals surface area contributed by atoms with Crippen LogP contribution < -0.4 is 11.1 Å². The lowest BCUT2D eigenvalue weighted by molar-refractivity contribution is 0.158. The van der Waals surface area contributed by atoms with E-state index in [1.165, 1.54) is 6.33 Å². The number of hydrogen-bond donors (Lipinski definition) is 2. The van der Waals surface area contributed by atoms with E-state index in [0.717, 1.165) is 24.5 Å². The van der Waals surface area contributed by atoms with E-state index in [2.05, 4.69) is 29.1 Å². The standard InChI is InChI=1S/C11H20N4O/c1-4-16-6-5-13-11-9(8(2)3)10(12)14-7-15-11/h7-8H,4-6H2,1-3H3,(H3,12,13,14,15). The summed E-state index contributed by atoms with van der Waals surface area (Å²) >= 11 is 0. The fourth-order valence-corrected chi connectivity index (χ4v) is 1.51. The molecule has 0 spiro atoms. The van der Waals surface area contributed by atoms with Gasteiger partial charge in [-0.3, -0.25) is 0 Å². The Kier molecular flexibility index (Phi) is 4.98. The van der Waals surface area contributed by atoms with E-state index < -0.39 is 0 Å². The second-order valence-corrected chi connectivity index (χ2v) is 3.80. The zero-order chi connectivity index (χ0) is 12.0. The molecular formula is C11H20N4O. The van der Waals surface area contributed by atoms with Crippen molar-refractivity contribution in [1.29, 1.82) is 0 Å². The van der Waals surface area contributed by atoms with E-state index in [0.29, 0.717) is 18.3 Å². The fourth-order valence-electron chi connectivity index (χ4n) is 1.51. The number of nitrogens with two attached hydrogens (primary N) is 1. The highest BCUT2D eigenvalue weighted by Gasteiger charge is 2.12. The Labute approximate surface area is 96.4 Å². The third-order valence-electron chi connectivity index (χ3n) is 2.24. The molecule has 0 unspecified atom stereocenters. The number of nitrogen functional groups attached to an aromatic ring is 1. The Bertz CT molecular complexity index is 328. The Balaban J connectivity index is 2.67. The lowest BCUT2D eigenvalue weighted by Crippen LogP contribution is -2.14. The maximum Gasteiger partial charge on any atom is 0.135 e. The smallest absolute Gasteiger partial charge is 0.135 e. The SMILES string of the molecule is CCOCCNc1ncnc(N)c1C(C)C. The van der Waals surface area contributed by atoms with Crippen molar-refractivity contribution in [2.45, 2.75) is 26.7 Å². The molecule has 1 aromatic rings. The van der Waals surface area contributed by atoms with Crippen molar-refractivity contribution in [3.63, 3.8) is 0 Å². The minimum absolute atomic E-state index is 0.302. The van der Waals surface area contributed by atoms with Gasteiger partial charge in [0, 0.05) is 18.7 Å². The number of anilines is 2. The fraction of sp³-hybridized carbons (Fsp3) is 0.636. The highest BCUT2D eigenvalue weighted by atomic mass is 16.5. The van der Waals surface area contributed by atoms with Crippen LogP contribution >= 0.6 is 0 Å². The summed E-state index contributed by atoms with van der Waals surface area (Å²) in [6.07, 6.45) is 1.48. The summed E-state index contributed by atoms with van der Waals surface area (Å²) in [5.41, 5.74) is 6.80. The molecular weight excluding hydrogens is 204 g/mol. The van der Waals surface area contributed by atoms with Crippen LogP contribution in [0.1, 0.15) is 32.3 Å². The van der Waals surface area contributed by atoms with Gasteiger partial charge >= 0.3 is 0 Å². The minimum Gasteiger partial charge on any atom is -0.383 e. The minimum atomic E-state index is 0.302. The molecule has 0 atom stereocenters. The zero-order valence-electron chi connectivity index (χ0n) is 10.2. The molecule has 0 bridgehead atoms. The Morgan fingerprint density at radius 2 is 2.19 bits per heavy atom. The molecule has 90 valence electrons.